The molecule has 1 fully saturated rings. The highest BCUT2D eigenvalue weighted by Gasteiger charge is 2.42. The van der Waals surface area contributed by atoms with Gasteiger partial charge in [0, 0.05) is 17.0 Å². The van der Waals surface area contributed by atoms with Crippen LogP contribution in [0.1, 0.15) is 54.6 Å². The standard InChI is InChI=1S/C31H31ClFN3O6S/c1-31(2,3)42-30(39)35-25-17-43(40,41)27-15-23(33)22(28(37)34-24-13-21(24)19-7-5-4-6-8-19)14-26(27)36(29(25)38)16-18-9-11-20(32)12-10-18/h4-12,14-15,21,24-25H,13,16-17H2,1-3H3,(H,34,37)(H,35,39)/t21-,24+,25+/m1/s1. The fraction of sp³-hybridized carbons (Fsp3) is 0.323. The molecule has 1 heterocycles. The first-order valence-corrected chi connectivity index (χ1v) is 15.7. The first-order valence-electron chi connectivity index (χ1n) is 13.7. The highest BCUT2D eigenvalue weighted by molar-refractivity contribution is 7.91. The molecule has 5 rings (SSSR count). The Morgan fingerprint density at radius 3 is 2.37 bits per heavy atom. The van der Waals surface area contributed by atoms with E-state index in [-0.39, 0.29) is 24.2 Å². The summed E-state index contributed by atoms with van der Waals surface area (Å²) in [6, 6.07) is 16.2. The first kappa shape index (κ1) is 30.5. The van der Waals surface area contributed by atoms with Crippen molar-refractivity contribution in [3.63, 3.8) is 0 Å². The number of hydrogen-bond donors (Lipinski definition) is 2. The van der Waals surface area contributed by atoms with Crippen molar-refractivity contribution < 1.29 is 31.9 Å². The molecule has 3 aromatic carbocycles. The van der Waals surface area contributed by atoms with E-state index in [0.29, 0.717) is 17.0 Å². The quantitative estimate of drug-likeness (QED) is 0.398. The molecule has 0 bridgehead atoms. The van der Waals surface area contributed by atoms with Gasteiger partial charge in [-0.05, 0) is 62.6 Å². The minimum atomic E-state index is -4.33. The largest absolute Gasteiger partial charge is 0.444 e. The van der Waals surface area contributed by atoms with Crippen LogP contribution in [0.2, 0.25) is 5.02 Å². The third-order valence-corrected chi connectivity index (χ3v) is 9.17. The monoisotopic (exact) mass is 627 g/mol. The molecule has 3 atom stereocenters. The number of nitrogens with zero attached hydrogens (tertiary/aromatic N) is 1. The molecule has 3 aromatic rings. The van der Waals surface area contributed by atoms with Crippen molar-refractivity contribution in [3.05, 3.63) is 94.3 Å². The number of amides is 3. The van der Waals surface area contributed by atoms with Gasteiger partial charge in [-0.1, -0.05) is 54.1 Å². The molecular formula is C31H31ClFN3O6S. The molecule has 43 heavy (non-hydrogen) atoms. The summed E-state index contributed by atoms with van der Waals surface area (Å²) in [5.41, 5.74) is 0.146. The molecule has 12 heteroatoms. The van der Waals surface area contributed by atoms with E-state index >= 15 is 4.39 Å². The lowest BCUT2D eigenvalue weighted by molar-refractivity contribution is -0.120. The maximum Gasteiger partial charge on any atom is 0.408 e. The third kappa shape index (κ3) is 7.00. The highest BCUT2D eigenvalue weighted by Crippen LogP contribution is 2.41. The number of alkyl carbamates (subject to hydrolysis) is 1. The number of fused-ring (bicyclic) bond motifs is 1. The van der Waals surface area contributed by atoms with E-state index in [9.17, 15) is 22.8 Å². The zero-order chi connectivity index (χ0) is 31.1. The molecule has 9 nitrogen and oxygen atoms in total. The maximum absolute atomic E-state index is 15.5. The normalized spacial score (nSPS) is 20.9. The number of benzene rings is 3. The van der Waals surface area contributed by atoms with Crippen LogP contribution in [0.15, 0.2) is 71.6 Å². The minimum Gasteiger partial charge on any atom is -0.444 e. The van der Waals surface area contributed by atoms with Gasteiger partial charge in [0.25, 0.3) is 11.8 Å². The molecular weight excluding hydrogens is 597 g/mol. The van der Waals surface area contributed by atoms with E-state index in [1.165, 1.54) is 0 Å². The summed E-state index contributed by atoms with van der Waals surface area (Å²) >= 11 is 6.02. The van der Waals surface area contributed by atoms with E-state index in [2.05, 4.69) is 10.6 Å². The Bertz CT molecular complexity index is 1680. The van der Waals surface area contributed by atoms with Crippen LogP contribution in [-0.4, -0.2) is 49.8 Å². The predicted molar refractivity (Wildman–Crippen MR) is 159 cm³/mol. The Morgan fingerprint density at radius 2 is 1.72 bits per heavy atom. The second kappa shape index (κ2) is 11.6. The number of hydrogen-bond acceptors (Lipinski definition) is 6. The van der Waals surface area contributed by atoms with Gasteiger partial charge in [-0.3, -0.25) is 9.59 Å². The van der Waals surface area contributed by atoms with E-state index in [4.69, 9.17) is 16.3 Å². The molecule has 1 saturated carbocycles. The lowest BCUT2D eigenvalue weighted by atomic mass is 10.1. The van der Waals surface area contributed by atoms with Crippen LogP contribution in [0.25, 0.3) is 0 Å². The van der Waals surface area contributed by atoms with Crippen LogP contribution in [0.3, 0.4) is 0 Å². The number of nitrogens with one attached hydrogen (secondary N) is 2. The second-order valence-corrected chi connectivity index (χ2v) is 14.1. The molecule has 0 unspecified atom stereocenters. The second-order valence-electron chi connectivity index (χ2n) is 11.7. The topological polar surface area (TPSA) is 122 Å². The number of carbonyl (C=O) groups excluding carboxylic acids is 3. The van der Waals surface area contributed by atoms with Crippen molar-refractivity contribution in [3.8, 4) is 0 Å². The van der Waals surface area contributed by atoms with E-state index in [1.807, 2.05) is 30.3 Å². The van der Waals surface area contributed by atoms with Gasteiger partial charge >= 0.3 is 6.09 Å². The van der Waals surface area contributed by atoms with Gasteiger partial charge in [0.05, 0.1) is 28.4 Å². The number of rotatable bonds is 6. The Hall–Kier alpha value is -3.96. The van der Waals surface area contributed by atoms with Crippen LogP contribution < -0.4 is 15.5 Å². The summed E-state index contributed by atoms with van der Waals surface area (Å²) in [6.07, 6.45) is -0.308. The average Bonchev–Trinajstić information content (AvgIpc) is 3.70. The van der Waals surface area contributed by atoms with Crippen LogP contribution in [0.5, 0.6) is 0 Å². The van der Waals surface area contributed by atoms with E-state index in [1.54, 1.807) is 45.0 Å². The Morgan fingerprint density at radius 1 is 1.05 bits per heavy atom. The molecule has 0 spiro atoms. The van der Waals surface area contributed by atoms with E-state index in [0.717, 1.165) is 22.6 Å². The molecule has 0 radical (unpaired) electrons. The summed E-state index contributed by atoms with van der Waals surface area (Å²) in [5, 5.41) is 5.63. The molecule has 1 aliphatic heterocycles. The molecule has 1 aliphatic carbocycles. The molecule has 0 saturated heterocycles. The lowest BCUT2D eigenvalue weighted by Gasteiger charge is -2.27. The third-order valence-electron chi connectivity index (χ3n) is 7.15. The number of ether oxygens (including phenoxy) is 1. The molecule has 2 aliphatic rings. The minimum absolute atomic E-state index is 0.0806. The van der Waals surface area contributed by atoms with Gasteiger partial charge in [0.2, 0.25) is 0 Å². The van der Waals surface area contributed by atoms with Crippen molar-refractivity contribution in [1.82, 2.24) is 10.6 Å². The zero-order valence-electron chi connectivity index (χ0n) is 23.8. The van der Waals surface area contributed by atoms with Crippen molar-refractivity contribution in [2.45, 2.75) is 62.2 Å². The first-order chi connectivity index (χ1) is 20.2. The Labute approximate surface area is 254 Å². The van der Waals surface area contributed by atoms with Crippen molar-refractivity contribution in [2.24, 2.45) is 0 Å². The van der Waals surface area contributed by atoms with Crippen LogP contribution in [-0.2, 0) is 25.9 Å². The van der Waals surface area contributed by atoms with Crippen molar-refractivity contribution in [2.75, 3.05) is 10.7 Å². The van der Waals surface area contributed by atoms with E-state index < -0.39 is 61.4 Å². The van der Waals surface area contributed by atoms with Gasteiger partial charge in [0.15, 0.2) is 9.84 Å². The number of sulfone groups is 1. The summed E-state index contributed by atoms with van der Waals surface area (Å²) < 4.78 is 47.7. The number of carbonyl (C=O) groups is 3. The zero-order valence-corrected chi connectivity index (χ0v) is 25.3. The fourth-order valence-electron chi connectivity index (χ4n) is 5.02. The molecule has 0 aromatic heterocycles. The van der Waals surface area contributed by atoms with Gasteiger partial charge in [0.1, 0.15) is 17.5 Å². The number of halogens is 2. The lowest BCUT2D eigenvalue weighted by Crippen LogP contribution is -2.51. The van der Waals surface area contributed by atoms with Crippen LogP contribution >= 0.6 is 11.6 Å². The fourth-order valence-corrected chi connectivity index (χ4v) is 6.76. The molecule has 3 amide bonds. The average molecular weight is 628 g/mol. The summed E-state index contributed by atoms with van der Waals surface area (Å²) in [7, 11) is -4.33. The van der Waals surface area contributed by atoms with Gasteiger partial charge in [-0.15, -0.1) is 0 Å². The van der Waals surface area contributed by atoms with Crippen LogP contribution in [0, 0.1) is 5.82 Å². The van der Waals surface area contributed by atoms with Crippen molar-refractivity contribution in [1.29, 1.82) is 0 Å². The SMILES string of the molecule is CC(C)(C)OC(=O)N[C@H]1CS(=O)(=O)c2cc(F)c(C(=O)N[C@H]3C[C@@H]3c3ccccc3)cc2N(Cc2ccc(Cl)cc2)C1=O. The van der Waals surface area contributed by atoms with Gasteiger partial charge < -0.3 is 20.3 Å². The van der Waals surface area contributed by atoms with Gasteiger partial charge in [-0.25, -0.2) is 17.6 Å². The van der Waals surface area contributed by atoms with Crippen molar-refractivity contribution >= 4 is 45.0 Å². The van der Waals surface area contributed by atoms with Gasteiger partial charge in [-0.2, -0.15) is 0 Å². The smallest absolute Gasteiger partial charge is 0.408 e. The maximum atomic E-state index is 15.5. The summed E-state index contributed by atoms with van der Waals surface area (Å²) in [6.45, 7) is 4.73. The molecule has 2 N–H and O–H groups in total. The highest BCUT2D eigenvalue weighted by atomic mass is 35.5. The summed E-state index contributed by atoms with van der Waals surface area (Å²) in [4.78, 5) is 40.4. The Balaban J connectivity index is 1.50. The predicted octanol–water partition coefficient (Wildman–Crippen LogP) is 4.98. The van der Waals surface area contributed by atoms with Crippen LogP contribution in [0.4, 0.5) is 14.9 Å². The molecule has 226 valence electrons. The summed E-state index contributed by atoms with van der Waals surface area (Å²) in [5.74, 6) is -3.30. The Kier molecular flexibility index (Phi) is 8.24. The number of anilines is 1.